The van der Waals surface area contributed by atoms with Crippen molar-refractivity contribution in [2.75, 3.05) is 25.0 Å². The molecule has 0 aliphatic carbocycles. The molecule has 2 aliphatic heterocycles. The number of rotatable bonds is 1. The van der Waals surface area contributed by atoms with Gasteiger partial charge in [-0.3, -0.25) is 0 Å². The molecule has 23 heavy (non-hydrogen) atoms. The number of ether oxygens (including phenoxy) is 1. The number of nitrogens with one attached hydrogen (secondary N) is 1. The molecule has 2 heterocycles. The first-order valence-electron chi connectivity index (χ1n) is 8.47. The summed E-state index contributed by atoms with van der Waals surface area (Å²) < 4.78 is 5.46. The monoisotopic (exact) mass is 314 g/mol. The van der Waals surface area contributed by atoms with E-state index in [-0.39, 0.29) is 6.09 Å². The van der Waals surface area contributed by atoms with Crippen LogP contribution in [-0.2, 0) is 11.2 Å². The highest BCUT2D eigenvalue weighted by Crippen LogP contribution is 2.32. The van der Waals surface area contributed by atoms with E-state index >= 15 is 0 Å². The highest BCUT2D eigenvalue weighted by Gasteiger charge is 2.25. The second-order valence-corrected chi connectivity index (χ2v) is 7.27. The van der Waals surface area contributed by atoms with Crippen molar-refractivity contribution in [3.05, 3.63) is 35.4 Å². The summed E-state index contributed by atoms with van der Waals surface area (Å²) in [6, 6.07) is 6.49. The second-order valence-electron chi connectivity index (χ2n) is 7.27. The van der Waals surface area contributed by atoms with Crippen molar-refractivity contribution in [1.82, 2.24) is 4.90 Å². The number of fused-ring (bicyclic) bond motifs is 1. The van der Waals surface area contributed by atoms with E-state index in [2.05, 4.69) is 29.6 Å². The van der Waals surface area contributed by atoms with Crippen LogP contribution in [0.25, 0.3) is 5.57 Å². The van der Waals surface area contributed by atoms with E-state index in [1.54, 1.807) is 4.90 Å². The Bertz CT molecular complexity index is 629. The fourth-order valence-corrected chi connectivity index (χ4v) is 3.22. The fourth-order valence-electron chi connectivity index (χ4n) is 3.22. The van der Waals surface area contributed by atoms with Gasteiger partial charge in [0.05, 0.1) is 0 Å². The molecule has 3 rings (SSSR count). The Kier molecular flexibility index (Phi) is 4.33. The van der Waals surface area contributed by atoms with Gasteiger partial charge in [0.25, 0.3) is 0 Å². The lowest BCUT2D eigenvalue weighted by Crippen LogP contribution is -2.39. The third-order valence-corrected chi connectivity index (χ3v) is 4.30. The zero-order valence-electron chi connectivity index (χ0n) is 14.3. The summed E-state index contributed by atoms with van der Waals surface area (Å²) in [7, 11) is 0. The molecule has 1 amide bonds. The summed E-state index contributed by atoms with van der Waals surface area (Å²) in [5.41, 5.74) is 4.95. The van der Waals surface area contributed by atoms with Gasteiger partial charge < -0.3 is 15.0 Å². The van der Waals surface area contributed by atoms with Crippen molar-refractivity contribution in [1.29, 1.82) is 0 Å². The quantitative estimate of drug-likeness (QED) is 0.849. The molecule has 0 saturated heterocycles. The van der Waals surface area contributed by atoms with Crippen LogP contribution in [0.15, 0.2) is 24.3 Å². The van der Waals surface area contributed by atoms with Gasteiger partial charge in [-0.15, -0.1) is 0 Å². The predicted molar refractivity (Wildman–Crippen MR) is 93.7 cm³/mol. The van der Waals surface area contributed by atoms with E-state index in [9.17, 15) is 4.79 Å². The maximum Gasteiger partial charge on any atom is 0.410 e. The first-order valence-corrected chi connectivity index (χ1v) is 8.47. The number of anilines is 1. The number of carbonyl (C=O) groups excluding carboxylic acids is 1. The normalized spacial score (nSPS) is 17.9. The van der Waals surface area contributed by atoms with Crippen LogP contribution in [0.5, 0.6) is 0 Å². The molecule has 0 unspecified atom stereocenters. The van der Waals surface area contributed by atoms with Crippen molar-refractivity contribution in [2.45, 2.75) is 45.6 Å². The van der Waals surface area contributed by atoms with Crippen LogP contribution >= 0.6 is 0 Å². The van der Waals surface area contributed by atoms with Gasteiger partial charge in [-0.2, -0.15) is 0 Å². The van der Waals surface area contributed by atoms with E-state index < -0.39 is 5.60 Å². The summed E-state index contributed by atoms with van der Waals surface area (Å²) in [5.74, 6) is 0. The van der Waals surface area contributed by atoms with Crippen LogP contribution in [0, 0.1) is 0 Å². The lowest BCUT2D eigenvalue weighted by Gasteiger charge is -2.30. The maximum atomic E-state index is 12.2. The van der Waals surface area contributed by atoms with E-state index in [0.717, 1.165) is 25.9 Å². The van der Waals surface area contributed by atoms with Gasteiger partial charge in [0.1, 0.15) is 5.60 Å². The largest absolute Gasteiger partial charge is 0.444 e. The molecule has 4 heteroatoms. The molecular weight excluding hydrogens is 288 g/mol. The van der Waals surface area contributed by atoms with Gasteiger partial charge in [-0.05, 0) is 62.8 Å². The first kappa shape index (κ1) is 15.9. The minimum Gasteiger partial charge on any atom is -0.444 e. The van der Waals surface area contributed by atoms with Gasteiger partial charge in [0.15, 0.2) is 0 Å². The van der Waals surface area contributed by atoms with Crippen molar-refractivity contribution in [2.24, 2.45) is 0 Å². The van der Waals surface area contributed by atoms with Gasteiger partial charge >= 0.3 is 6.09 Å². The van der Waals surface area contributed by atoms with E-state index in [0.29, 0.717) is 6.54 Å². The Morgan fingerprint density at radius 2 is 2.09 bits per heavy atom. The van der Waals surface area contributed by atoms with Gasteiger partial charge in [0, 0.05) is 25.3 Å². The van der Waals surface area contributed by atoms with E-state index in [4.69, 9.17) is 4.74 Å². The number of hydrogen-bond donors (Lipinski definition) is 1. The van der Waals surface area contributed by atoms with Crippen LogP contribution in [-0.4, -0.2) is 36.2 Å². The first-order chi connectivity index (χ1) is 10.9. The van der Waals surface area contributed by atoms with Gasteiger partial charge in [0.2, 0.25) is 0 Å². The van der Waals surface area contributed by atoms with Crippen molar-refractivity contribution < 1.29 is 9.53 Å². The molecule has 0 atom stereocenters. The molecule has 0 bridgehead atoms. The smallest absolute Gasteiger partial charge is 0.410 e. The summed E-state index contributed by atoms with van der Waals surface area (Å²) in [5, 5.41) is 3.48. The fraction of sp³-hybridized carbons (Fsp3) is 0.526. The topological polar surface area (TPSA) is 41.6 Å². The highest BCUT2D eigenvalue weighted by atomic mass is 16.6. The zero-order valence-corrected chi connectivity index (χ0v) is 14.3. The Balaban J connectivity index is 1.74. The predicted octanol–water partition coefficient (Wildman–Crippen LogP) is 4.07. The number of hydrogen-bond acceptors (Lipinski definition) is 3. The maximum absolute atomic E-state index is 12.2. The molecule has 1 aromatic rings. The third kappa shape index (κ3) is 3.69. The second kappa shape index (κ2) is 6.26. The van der Waals surface area contributed by atoms with Crippen LogP contribution < -0.4 is 5.32 Å². The number of amides is 1. The van der Waals surface area contributed by atoms with Crippen LogP contribution in [0.2, 0.25) is 0 Å². The highest BCUT2D eigenvalue weighted by molar-refractivity contribution is 5.76. The lowest BCUT2D eigenvalue weighted by atomic mass is 9.90. The van der Waals surface area contributed by atoms with Crippen LogP contribution in [0.1, 0.15) is 44.7 Å². The average Bonchev–Trinajstić information content (AvgIpc) is 2.53. The molecule has 0 spiro atoms. The molecule has 2 aliphatic rings. The lowest BCUT2D eigenvalue weighted by molar-refractivity contribution is 0.0270. The Morgan fingerprint density at radius 3 is 2.78 bits per heavy atom. The van der Waals surface area contributed by atoms with Crippen LogP contribution in [0.3, 0.4) is 0 Å². The number of carbonyl (C=O) groups is 1. The summed E-state index contributed by atoms with van der Waals surface area (Å²) in [6.45, 7) is 8.11. The molecule has 1 aromatic carbocycles. The molecule has 0 fully saturated rings. The van der Waals surface area contributed by atoms with Crippen LogP contribution in [0.4, 0.5) is 10.5 Å². The van der Waals surface area contributed by atoms with E-state index in [1.807, 2.05) is 20.8 Å². The summed E-state index contributed by atoms with van der Waals surface area (Å²) in [6.07, 6.45) is 5.16. The van der Waals surface area contributed by atoms with E-state index in [1.165, 1.54) is 28.8 Å². The molecule has 0 radical (unpaired) electrons. The Labute approximate surface area is 138 Å². The Hall–Kier alpha value is -1.97. The number of nitrogens with zero attached hydrogens (tertiary/aromatic N) is 1. The number of benzene rings is 1. The molecule has 0 aromatic heterocycles. The minimum atomic E-state index is -0.439. The molecule has 4 nitrogen and oxygen atoms in total. The molecular formula is C19H26N2O2. The SMILES string of the molecule is CC(C)(C)OC(=O)N1CC=C(c2cccc3c2CCCN3)CC1. The van der Waals surface area contributed by atoms with Crippen molar-refractivity contribution in [3.8, 4) is 0 Å². The van der Waals surface area contributed by atoms with Gasteiger partial charge in [-0.25, -0.2) is 4.79 Å². The standard InChI is InChI=1S/C19H26N2O2/c1-19(2,3)23-18(22)21-12-9-14(10-13-21)15-6-4-8-17-16(15)7-5-11-20-17/h4,6,8-9,20H,5,7,10-13H2,1-3H3. The Morgan fingerprint density at radius 1 is 1.26 bits per heavy atom. The third-order valence-electron chi connectivity index (χ3n) is 4.30. The van der Waals surface area contributed by atoms with Crippen molar-refractivity contribution in [3.63, 3.8) is 0 Å². The molecule has 1 N–H and O–H groups in total. The summed E-state index contributed by atoms with van der Waals surface area (Å²) in [4.78, 5) is 13.9. The van der Waals surface area contributed by atoms with Crippen molar-refractivity contribution >= 4 is 17.4 Å². The zero-order chi connectivity index (χ0) is 16.4. The summed E-state index contributed by atoms with van der Waals surface area (Å²) >= 11 is 0. The molecule has 124 valence electrons. The molecule has 0 saturated carbocycles. The minimum absolute atomic E-state index is 0.218. The van der Waals surface area contributed by atoms with Gasteiger partial charge in [-0.1, -0.05) is 18.2 Å². The average molecular weight is 314 g/mol.